The van der Waals surface area contributed by atoms with Crippen LogP contribution in [0.15, 0.2) is 30.5 Å². The van der Waals surface area contributed by atoms with E-state index in [-0.39, 0.29) is 30.8 Å². The summed E-state index contributed by atoms with van der Waals surface area (Å²) in [4.78, 5) is 26.3. The monoisotopic (exact) mass is 345 g/mol. The standard InChI is InChI=1S/C18H23N3O4/c1-12(2)21(8-9-22)17(23)14-7-5-6-13(10-14)15-11-20(3)19-16(15)18(24)25-4/h5-7,10-12,22H,8-9H2,1-4H3. The SMILES string of the molecule is COC(=O)c1nn(C)cc1-c1cccc(C(=O)N(CCO)C(C)C)c1. The van der Waals surface area contributed by atoms with Crippen LogP contribution in [0.3, 0.4) is 0 Å². The number of nitrogens with zero attached hydrogens (tertiary/aromatic N) is 3. The van der Waals surface area contributed by atoms with Gasteiger partial charge in [-0.05, 0) is 31.5 Å². The highest BCUT2D eigenvalue weighted by molar-refractivity contribution is 5.98. The normalized spacial score (nSPS) is 10.8. The van der Waals surface area contributed by atoms with Gasteiger partial charge in [0.25, 0.3) is 5.91 Å². The molecule has 1 N–H and O–H groups in total. The van der Waals surface area contributed by atoms with Crippen molar-refractivity contribution in [2.24, 2.45) is 7.05 Å². The van der Waals surface area contributed by atoms with Crippen molar-refractivity contribution < 1.29 is 19.4 Å². The van der Waals surface area contributed by atoms with Crippen LogP contribution in [0, 0.1) is 0 Å². The largest absolute Gasteiger partial charge is 0.464 e. The molecule has 7 nitrogen and oxygen atoms in total. The van der Waals surface area contributed by atoms with Gasteiger partial charge in [0.1, 0.15) is 0 Å². The first-order chi connectivity index (χ1) is 11.9. The molecule has 0 atom stereocenters. The summed E-state index contributed by atoms with van der Waals surface area (Å²) in [6, 6.07) is 6.97. The van der Waals surface area contributed by atoms with Crippen LogP contribution in [-0.2, 0) is 11.8 Å². The minimum Gasteiger partial charge on any atom is -0.464 e. The number of esters is 1. The minimum atomic E-state index is -0.531. The van der Waals surface area contributed by atoms with Crippen LogP contribution in [0.2, 0.25) is 0 Å². The van der Waals surface area contributed by atoms with Gasteiger partial charge >= 0.3 is 5.97 Å². The first-order valence-corrected chi connectivity index (χ1v) is 8.03. The van der Waals surface area contributed by atoms with Gasteiger partial charge in [0.2, 0.25) is 0 Å². The lowest BCUT2D eigenvalue weighted by Gasteiger charge is -2.26. The first kappa shape index (κ1) is 18.7. The number of carbonyl (C=O) groups excluding carboxylic acids is 2. The Labute approximate surface area is 146 Å². The molecule has 1 aromatic heterocycles. The lowest BCUT2D eigenvalue weighted by molar-refractivity contribution is 0.0593. The smallest absolute Gasteiger partial charge is 0.359 e. The maximum absolute atomic E-state index is 12.7. The second kappa shape index (κ2) is 7.94. The zero-order valence-electron chi connectivity index (χ0n) is 14.9. The molecule has 134 valence electrons. The number of ether oxygens (including phenoxy) is 1. The molecule has 0 saturated carbocycles. The fourth-order valence-electron chi connectivity index (χ4n) is 2.63. The molecule has 2 aromatic rings. The van der Waals surface area contributed by atoms with Gasteiger partial charge in [-0.1, -0.05) is 12.1 Å². The predicted octanol–water partition coefficient (Wildman–Crippen LogP) is 1.72. The van der Waals surface area contributed by atoms with E-state index in [4.69, 9.17) is 4.74 Å². The number of rotatable bonds is 6. The van der Waals surface area contributed by atoms with E-state index in [2.05, 4.69) is 5.10 Å². The molecule has 0 aliphatic carbocycles. The summed E-state index contributed by atoms with van der Waals surface area (Å²) in [6.45, 7) is 3.96. The van der Waals surface area contributed by atoms with Gasteiger partial charge < -0.3 is 14.7 Å². The predicted molar refractivity (Wildman–Crippen MR) is 93.2 cm³/mol. The van der Waals surface area contributed by atoms with Gasteiger partial charge in [0.15, 0.2) is 5.69 Å². The van der Waals surface area contributed by atoms with Gasteiger partial charge in [-0.15, -0.1) is 0 Å². The van der Waals surface area contributed by atoms with Crippen LogP contribution in [0.4, 0.5) is 0 Å². The van der Waals surface area contributed by atoms with Crippen molar-refractivity contribution in [1.82, 2.24) is 14.7 Å². The number of hydrogen-bond donors (Lipinski definition) is 1. The van der Waals surface area contributed by atoms with Crippen molar-refractivity contribution in [1.29, 1.82) is 0 Å². The summed E-state index contributed by atoms with van der Waals surface area (Å²) in [5.74, 6) is -0.703. The summed E-state index contributed by atoms with van der Waals surface area (Å²) in [5, 5.41) is 13.3. The Balaban J connectivity index is 2.43. The van der Waals surface area contributed by atoms with Crippen LogP contribution in [0.5, 0.6) is 0 Å². The molecule has 0 spiro atoms. The van der Waals surface area contributed by atoms with Gasteiger partial charge in [-0.3, -0.25) is 9.48 Å². The molecular formula is C18H23N3O4. The fourth-order valence-corrected chi connectivity index (χ4v) is 2.63. The molecule has 0 aliphatic rings. The van der Waals surface area contributed by atoms with Crippen LogP contribution < -0.4 is 0 Å². The van der Waals surface area contributed by atoms with Crippen molar-refractivity contribution in [2.45, 2.75) is 19.9 Å². The van der Waals surface area contributed by atoms with E-state index in [0.717, 1.165) is 0 Å². The highest BCUT2D eigenvalue weighted by Gasteiger charge is 2.21. The Bertz CT molecular complexity index is 767. The number of methoxy groups -OCH3 is 1. The Morgan fingerprint density at radius 2 is 2.08 bits per heavy atom. The third-order valence-corrected chi connectivity index (χ3v) is 3.85. The summed E-state index contributed by atoms with van der Waals surface area (Å²) < 4.78 is 6.30. The van der Waals surface area contributed by atoms with E-state index in [9.17, 15) is 14.7 Å². The van der Waals surface area contributed by atoms with E-state index in [1.807, 2.05) is 19.9 Å². The molecular weight excluding hydrogens is 322 g/mol. The molecule has 1 amide bonds. The average molecular weight is 345 g/mol. The Kier molecular flexibility index (Phi) is 5.93. The fraction of sp³-hybridized carbons (Fsp3) is 0.389. The number of hydrogen-bond acceptors (Lipinski definition) is 5. The Morgan fingerprint density at radius 3 is 2.68 bits per heavy atom. The van der Waals surface area contributed by atoms with Gasteiger partial charge in [0, 0.05) is 37.0 Å². The van der Waals surface area contributed by atoms with Crippen molar-refractivity contribution in [3.05, 3.63) is 41.7 Å². The van der Waals surface area contributed by atoms with E-state index >= 15 is 0 Å². The van der Waals surface area contributed by atoms with Crippen LogP contribution in [-0.4, -0.2) is 58.0 Å². The molecule has 1 heterocycles. The number of amides is 1. The molecule has 0 aliphatic heterocycles. The number of aromatic nitrogens is 2. The summed E-state index contributed by atoms with van der Waals surface area (Å²) in [5.41, 5.74) is 1.99. The number of benzene rings is 1. The average Bonchev–Trinajstić information content (AvgIpc) is 3.00. The van der Waals surface area contributed by atoms with Crippen LogP contribution in [0.25, 0.3) is 11.1 Å². The third kappa shape index (κ3) is 4.06. The molecule has 2 rings (SSSR count). The van der Waals surface area contributed by atoms with E-state index in [1.165, 1.54) is 11.8 Å². The summed E-state index contributed by atoms with van der Waals surface area (Å²) in [6.07, 6.45) is 1.71. The molecule has 0 unspecified atom stereocenters. The zero-order valence-corrected chi connectivity index (χ0v) is 14.9. The third-order valence-electron chi connectivity index (χ3n) is 3.85. The highest BCUT2D eigenvalue weighted by Crippen LogP contribution is 2.25. The quantitative estimate of drug-likeness (QED) is 0.806. The highest BCUT2D eigenvalue weighted by atomic mass is 16.5. The lowest BCUT2D eigenvalue weighted by atomic mass is 10.0. The number of carbonyl (C=O) groups is 2. The van der Waals surface area contributed by atoms with E-state index in [1.54, 1.807) is 36.3 Å². The molecule has 7 heteroatoms. The van der Waals surface area contributed by atoms with Crippen LogP contribution in [0.1, 0.15) is 34.7 Å². The van der Waals surface area contributed by atoms with Gasteiger partial charge in [-0.2, -0.15) is 5.10 Å². The van der Waals surface area contributed by atoms with Crippen molar-refractivity contribution in [3.8, 4) is 11.1 Å². The Morgan fingerprint density at radius 1 is 1.36 bits per heavy atom. The molecule has 0 saturated heterocycles. The van der Waals surface area contributed by atoms with Crippen molar-refractivity contribution >= 4 is 11.9 Å². The maximum Gasteiger partial charge on any atom is 0.359 e. The second-order valence-corrected chi connectivity index (χ2v) is 5.95. The van der Waals surface area contributed by atoms with Crippen molar-refractivity contribution in [3.63, 3.8) is 0 Å². The van der Waals surface area contributed by atoms with Crippen LogP contribution >= 0.6 is 0 Å². The molecule has 0 radical (unpaired) electrons. The topological polar surface area (TPSA) is 84.7 Å². The van der Waals surface area contributed by atoms with E-state index in [0.29, 0.717) is 16.7 Å². The summed E-state index contributed by atoms with van der Waals surface area (Å²) in [7, 11) is 3.02. The van der Waals surface area contributed by atoms with Crippen molar-refractivity contribution in [2.75, 3.05) is 20.3 Å². The molecule has 0 fully saturated rings. The number of aliphatic hydroxyl groups is 1. The van der Waals surface area contributed by atoms with Gasteiger partial charge in [0.05, 0.1) is 13.7 Å². The number of aliphatic hydroxyl groups excluding tert-OH is 1. The molecule has 0 bridgehead atoms. The molecule has 1 aromatic carbocycles. The first-order valence-electron chi connectivity index (χ1n) is 8.03. The van der Waals surface area contributed by atoms with Gasteiger partial charge in [-0.25, -0.2) is 4.79 Å². The second-order valence-electron chi connectivity index (χ2n) is 5.95. The zero-order chi connectivity index (χ0) is 18.6. The Hall–Kier alpha value is -2.67. The lowest BCUT2D eigenvalue weighted by Crippen LogP contribution is -2.39. The molecule has 25 heavy (non-hydrogen) atoms. The summed E-state index contributed by atoms with van der Waals surface area (Å²) >= 11 is 0. The van der Waals surface area contributed by atoms with E-state index < -0.39 is 5.97 Å². The number of aryl methyl sites for hydroxylation is 1. The minimum absolute atomic E-state index is 0.0349. The maximum atomic E-state index is 12.7.